The Balaban J connectivity index is 2.11. The minimum absolute atomic E-state index is 0.234. The van der Waals surface area contributed by atoms with Gasteiger partial charge in [0, 0.05) is 32.4 Å². The van der Waals surface area contributed by atoms with Crippen molar-refractivity contribution in [3.63, 3.8) is 0 Å². The van der Waals surface area contributed by atoms with E-state index in [0.717, 1.165) is 18.4 Å². The summed E-state index contributed by atoms with van der Waals surface area (Å²) in [6.07, 6.45) is 1.81. The summed E-state index contributed by atoms with van der Waals surface area (Å²) in [5.74, 6) is 0.174. The number of hydrogen-bond donors (Lipinski definition) is 1. The van der Waals surface area contributed by atoms with Gasteiger partial charge in [-0.25, -0.2) is 4.39 Å². The average molecular weight is 446 g/mol. The number of nitrogens with zero attached hydrogens (tertiary/aromatic N) is 1. The van der Waals surface area contributed by atoms with E-state index in [1.807, 2.05) is 19.1 Å². The van der Waals surface area contributed by atoms with E-state index in [1.54, 1.807) is 37.3 Å². The molecule has 0 radical (unpaired) electrons. The fraction of sp³-hybridized carbons (Fsp3) is 0.480. The van der Waals surface area contributed by atoms with Crippen molar-refractivity contribution in [2.75, 3.05) is 40.5 Å². The Morgan fingerprint density at radius 1 is 1.28 bits per heavy atom. The third-order valence-electron chi connectivity index (χ3n) is 5.99. The molecule has 7 heteroatoms. The van der Waals surface area contributed by atoms with Crippen LogP contribution in [0.1, 0.15) is 30.4 Å². The number of amides is 1. The molecule has 2 aromatic rings. The second kappa shape index (κ2) is 10.9. The zero-order chi connectivity index (χ0) is 23.1. The van der Waals surface area contributed by atoms with Crippen LogP contribution in [0, 0.1) is 12.7 Å². The standard InChI is InChI=1S/C25H32FNO5/c1-18-13-19(15-20(14-18)31-3)24-21(7-6-8-22(24)26)25(29,9-4-5-11-30-2)23-16-27(17-28)10-12-32-23/h6-8,13-15,17,23,29H,4-5,9-12,16H2,1-3H3/t23?,25-/m1/s1. The van der Waals surface area contributed by atoms with Crippen LogP contribution in [0.2, 0.25) is 0 Å². The van der Waals surface area contributed by atoms with E-state index in [-0.39, 0.29) is 6.54 Å². The van der Waals surface area contributed by atoms with Crippen LogP contribution in [0.4, 0.5) is 4.39 Å². The molecule has 1 fully saturated rings. The molecule has 3 rings (SSSR count). The van der Waals surface area contributed by atoms with Gasteiger partial charge in [-0.2, -0.15) is 0 Å². The number of aryl methyl sites for hydroxylation is 1. The lowest BCUT2D eigenvalue weighted by Crippen LogP contribution is -2.52. The molecule has 1 unspecified atom stereocenters. The molecule has 1 heterocycles. The van der Waals surface area contributed by atoms with E-state index in [2.05, 4.69) is 0 Å². The Kier molecular flexibility index (Phi) is 8.23. The molecule has 2 atom stereocenters. The third kappa shape index (κ3) is 5.28. The third-order valence-corrected chi connectivity index (χ3v) is 5.99. The highest BCUT2D eigenvalue weighted by Crippen LogP contribution is 2.41. The fourth-order valence-electron chi connectivity index (χ4n) is 4.35. The van der Waals surface area contributed by atoms with Gasteiger partial charge in [0.15, 0.2) is 0 Å². The predicted molar refractivity (Wildman–Crippen MR) is 120 cm³/mol. The zero-order valence-corrected chi connectivity index (χ0v) is 19.0. The molecule has 1 aliphatic rings. The largest absolute Gasteiger partial charge is 0.497 e. The van der Waals surface area contributed by atoms with Gasteiger partial charge in [0.1, 0.15) is 23.3 Å². The molecule has 2 aromatic carbocycles. The van der Waals surface area contributed by atoms with Gasteiger partial charge in [0.25, 0.3) is 0 Å². The summed E-state index contributed by atoms with van der Waals surface area (Å²) in [5, 5.41) is 12.1. The maximum absolute atomic E-state index is 15.3. The Bertz CT molecular complexity index is 921. The topological polar surface area (TPSA) is 68.2 Å². The van der Waals surface area contributed by atoms with E-state index in [1.165, 1.54) is 6.07 Å². The molecule has 0 saturated carbocycles. The Morgan fingerprint density at radius 3 is 2.81 bits per heavy atom. The summed E-state index contributed by atoms with van der Waals surface area (Å²) in [7, 11) is 3.20. The summed E-state index contributed by atoms with van der Waals surface area (Å²) in [6.45, 7) is 3.48. The number of rotatable bonds is 10. The van der Waals surface area contributed by atoms with Crippen LogP contribution in [0.15, 0.2) is 36.4 Å². The second-order valence-corrected chi connectivity index (χ2v) is 8.24. The van der Waals surface area contributed by atoms with Crippen molar-refractivity contribution >= 4 is 6.41 Å². The van der Waals surface area contributed by atoms with Gasteiger partial charge in [-0.1, -0.05) is 18.2 Å². The number of aliphatic hydroxyl groups is 1. The van der Waals surface area contributed by atoms with Crippen LogP contribution in [0.25, 0.3) is 11.1 Å². The lowest BCUT2D eigenvalue weighted by molar-refractivity contribution is -0.158. The monoisotopic (exact) mass is 445 g/mol. The average Bonchev–Trinajstić information content (AvgIpc) is 2.81. The summed E-state index contributed by atoms with van der Waals surface area (Å²) >= 11 is 0. The SMILES string of the molecule is COCCCC[C@@](O)(c1cccc(F)c1-c1cc(C)cc(OC)c1)C1CN(C=O)CCO1. The van der Waals surface area contributed by atoms with Crippen molar-refractivity contribution in [3.8, 4) is 16.9 Å². The van der Waals surface area contributed by atoms with Crippen LogP contribution in [0.5, 0.6) is 5.75 Å². The van der Waals surface area contributed by atoms with E-state index < -0.39 is 17.5 Å². The normalized spacial score (nSPS) is 18.3. The van der Waals surface area contributed by atoms with Gasteiger partial charge < -0.3 is 24.2 Å². The smallest absolute Gasteiger partial charge is 0.209 e. The minimum Gasteiger partial charge on any atom is -0.497 e. The first-order valence-electron chi connectivity index (χ1n) is 10.9. The Hall–Kier alpha value is -2.48. The highest BCUT2D eigenvalue weighted by molar-refractivity contribution is 5.71. The number of benzene rings is 2. The quantitative estimate of drug-likeness (QED) is 0.446. The van der Waals surface area contributed by atoms with Gasteiger partial charge in [-0.05, 0) is 61.1 Å². The Morgan fingerprint density at radius 2 is 2.09 bits per heavy atom. The van der Waals surface area contributed by atoms with E-state index in [9.17, 15) is 9.90 Å². The molecule has 0 bridgehead atoms. The van der Waals surface area contributed by atoms with Crippen molar-refractivity contribution in [2.24, 2.45) is 0 Å². The van der Waals surface area contributed by atoms with Crippen molar-refractivity contribution in [3.05, 3.63) is 53.3 Å². The number of ether oxygens (including phenoxy) is 3. The number of unbranched alkanes of at least 4 members (excludes halogenated alkanes) is 1. The van der Waals surface area contributed by atoms with Crippen LogP contribution >= 0.6 is 0 Å². The Labute approximate surface area is 188 Å². The second-order valence-electron chi connectivity index (χ2n) is 8.24. The van der Waals surface area contributed by atoms with E-state index in [0.29, 0.717) is 55.0 Å². The van der Waals surface area contributed by atoms with Crippen molar-refractivity contribution in [1.82, 2.24) is 4.90 Å². The fourth-order valence-corrected chi connectivity index (χ4v) is 4.35. The van der Waals surface area contributed by atoms with Crippen molar-refractivity contribution < 1.29 is 28.5 Å². The van der Waals surface area contributed by atoms with Gasteiger partial charge in [0.05, 0.1) is 13.7 Å². The predicted octanol–water partition coefficient (Wildman–Crippen LogP) is 3.67. The number of morpholine rings is 1. The zero-order valence-electron chi connectivity index (χ0n) is 19.0. The van der Waals surface area contributed by atoms with Crippen LogP contribution in [0.3, 0.4) is 0 Å². The van der Waals surface area contributed by atoms with Gasteiger partial charge in [-0.3, -0.25) is 4.79 Å². The molecular weight excluding hydrogens is 413 g/mol. The number of hydrogen-bond acceptors (Lipinski definition) is 5. The van der Waals surface area contributed by atoms with Gasteiger partial charge in [0.2, 0.25) is 6.41 Å². The minimum atomic E-state index is -1.50. The van der Waals surface area contributed by atoms with Gasteiger partial charge >= 0.3 is 0 Å². The maximum Gasteiger partial charge on any atom is 0.209 e. The molecule has 174 valence electrons. The maximum atomic E-state index is 15.3. The summed E-state index contributed by atoms with van der Waals surface area (Å²) in [5.41, 5.74) is 0.798. The number of halogens is 1. The molecule has 1 amide bonds. The molecular formula is C25H32FNO5. The molecule has 0 aromatic heterocycles. The van der Waals surface area contributed by atoms with Crippen LogP contribution < -0.4 is 4.74 Å². The first kappa shape index (κ1) is 24.2. The first-order chi connectivity index (χ1) is 15.4. The van der Waals surface area contributed by atoms with Gasteiger partial charge in [-0.15, -0.1) is 0 Å². The number of carbonyl (C=O) groups is 1. The first-order valence-corrected chi connectivity index (χ1v) is 10.9. The summed E-state index contributed by atoms with van der Waals surface area (Å²) in [4.78, 5) is 13.0. The molecule has 32 heavy (non-hydrogen) atoms. The molecule has 0 aliphatic carbocycles. The lowest BCUT2D eigenvalue weighted by Gasteiger charge is -2.42. The summed E-state index contributed by atoms with van der Waals surface area (Å²) < 4.78 is 31.8. The highest BCUT2D eigenvalue weighted by Gasteiger charge is 2.43. The molecule has 1 N–H and O–H groups in total. The van der Waals surface area contributed by atoms with Crippen LogP contribution in [-0.2, 0) is 19.9 Å². The number of carbonyl (C=O) groups excluding carboxylic acids is 1. The van der Waals surface area contributed by atoms with Crippen molar-refractivity contribution in [2.45, 2.75) is 37.9 Å². The van der Waals surface area contributed by atoms with Crippen LogP contribution in [-0.4, -0.2) is 63.0 Å². The van der Waals surface area contributed by atoms with Crippen molar-refractivity contribution in [1.29, 1.82) is 0 Å². The van der Waals surface area contributed by atoms with E-state index >= 15 is 4.39 Å². The van der Waals surface area contributed by atoms with E-state index in [4.69, 9.17) is 14.2 Å². The lowest BCUT2D eigenvalue weighted by atomic mass is 9.78. The molecule has 0 spiro atoms. The molecule has 1 aliphatic heterocycles. The highest BCUT2D eigenvalue weighted by atomic mass is 19.1. The number of methoxy groups -OCH3 is 2. The molecule has 6 nitrogen and oxygen atoms in total. The molecule has 1 saturated heterocycles. The summed E-state index contributed by atoms with van der Waals surface area (Å²) in [6, 6.07) is 10.2.